The Bertz CT molecular complexity index is 773. The van der Waals surface area contributed by atoms with Crippen LogP contribution in [0.2, 0.25) is 0 Å². The lowest BCUT2D eigenvalue weighted by molar-refractivity contribution is -0.121. The number of primary amides is 1. The number of para-hydroxylation sites is 1. The Morgan fingerprint density at radius 2 is 1.83 bits per heavy atom. The van der Waals surface area contributed by atoms with E-state index in [1.165, 1.54) is 12.1 Å². The molecule has 3 rings (SSSR count). The average molecular weight is 326 g/mol. The Hall–Kier alpha value is -2.69. The number of nitrogens with two attached hydrogens (primary N) is 1. The summed E-state index contributed by atoms with van der Waals surface area (Å²) in [6.07, 6.45) is 0.682. The van der Waals surface area contributed by atoms with Gasteiger partial charge in [0, 0.05) is 11.7 Å². The van der Waals surface area contributed by atoms with Gasteiger partial charge in [0.1, 0.15) is 5.82 Å². The van der Waals surface area contributed by atoms with Crippen molar-refractivity contribution in [2.24, 2.45) is 5.73 Å². The third-order valence-corrected chi connectivity index (χ3v) is 4.47. The van der Waals surface area contributed by atoms with E-state index in [0.29, 0.717) is 6.42 Å². The van der Waals surface area contributed by atoms with Crippen molar-refractivity contribution in [3.05, 3.63) is 65.5 Å². The second-order valence-corrected chi connectivity index (χ2v) is 6.17. The van der Waals surface area contributed by atoms with E-state index in [2.05, 4.69) is 0 Å². The lowest BCUT2D eigenvalue weighted by Crippen LogP contribution is -2.45. The second-order valence-electron chi connectivity index (χ2n) is 6.17. The van der Waals surface area contributed by atoms with Crippen LogP contribution in [-0.2, 0) is 16.0 Å². The van der Waals surface area contributed by atoms with Crippen LogP contribution in [0.5, 0.6) is 0 Å². The number of anilines is 1. The molecule has 1 aliphatic rings. The molecule has 0 unspecified atom stereocenters. The van der Waals surface area contributed by atoms with Crippen LogP contribution in [0.15, 0.2) is 48.5 Å². The highest BCUT2D eigenvalue weighted by Gasteiger charge is 2.35. The SMILES string of the molecule is C[C@H]1C[C@H](C(N)=O)c2ccccc2N1C(=O)Cc1ccc(F)cc1. The topological polar surface area (TPSA) is 63.4 Å². The average Bonchev–Trinajstić information content (AvgIpc) is 2.56. The minimum Gasteiger partial charge on any atom is -0.369 e. The summed E-state index contributed by atoms with van der Waals surface area (Å²) in [5.74, 6) is -1.16. The molecule has 4 nitrogen and oxygen atoms in total. The first kappa shape index (κ1) is 16.2. The Kier molecular flexibility index (Phi) is 4.34. The van der Waals surface area contributed by atoms with Gasteiger partial charge in [-0.1, -0.05) is 30.3 Å². The summed E-state index contributed by atoms with van der Waals surface area (Å²) in [5, 5.41) is 0. The zero-order chi connectivity index (χ0) is 17.3. The molecule has 24 heavy (non-hydrogen) atoms. The second kappa shape index (κ2) is 6.43. The smallest absolute Gasteiger partial charge is 0.231 e. The minimum absolute atomic E-state index is 0.0792. The van der Waals surface area contributed by atoms with Gasteiger partial charge in [0.25, 0.3) is 0 Å². The zero-order valence-electron chi connectivity index (χ0n) is 13.4. The van der Waals surface area contributed by atoms with Crippen molar-refractivity contribution in [3.63, 3.8) is 0 Å². The molecule has 0 aromatic heterocycles. The summed E-state index contributed by atoms with van der Waals surface area (Å²) in [6, 6.07) is 13.1. The van der Waals surface area contributed by atoms with Crippen LogP contribution in [0.1, 0.15) is 30.4 Å². The van der Waals surface area contributed by atoms with Crippen molar-refractivity contribution < 1.29 is 14.0 Å². The van der Waals surface area contributed by atoms with Gasteiger partial charge in [0.15, 0.2) is 0 Å². The maximum absolute atomic E-state index is 13.0. The van der Waals surface area contributed by atoms with E-state index in [1.54, 1.807) is 17.0 Å². The summed E-state index contributed by atoms with van der Waals surface area (Å²) in [5.41, 5.74) is 7.79. The van der Waals surface area contributed by atoms with E-state index in [-0.39, 0.29) is 36.0 Å². The number of hydrogen-bond acceptors (Lipinski definition) is 2. The number of benzene rings is 2. The number of halogens is 1. The highest BCUT2D eigenvalue weighted by atomic mass is 19.1. The highest BCUT2D eigenvalue weighted by Crippen LogP contribution is 2.38. The van der Waals surface area contributed by atoms with Crippen LogP contribution in [-0.4, -0.2) is 17.9 Å². The van der Waals surface area contributed by atoms with Gasteiger partial charge in [-0.15, -0.1) is 0 Å². The predicted molar refractivity (Wildman–Crippen MR) is 90.0 cm³/mol. The van der Waals surface area contributed by atoms with Crippen LogP contribution in [0.4, 0.5) is 10.1 Å². The van der Waals surface area contributed by atoms with Crippen LogP contribution in [0.3, 0.4) is 0 Å². The summed E-state index contributed by atoms with van der Waals surface area (Å²) in [7, 11) is 0. The lowest BCUT2D eigenvalue weighted by Gasteiger charge is -2.38. The van der Waals surface area contributed by atoms with E-state index in [0.717, 1.165) is 16.8 Å². The molecule has 0 spiro atoms. The molecule has 2 N–H and O–H groups in total. The summed E-state index contributed by atoms with van der Waals surface area (Å²) < 4.78 is 13.0. The maximum atomic E-state index is 13.0. The molecule has 1 heterocycles. The van der Waals surface area contributed by atoms with Crippen molar-refractivity contribution in [2.75, 3.05) is 4.90 Å². The highest BCUT2D eigenvalue weighted by molar-refractivity contribution is 5.98. The van der Waals surface area contributed by atoms with Crippen molar-refractivity contribution >= 4 is 17.5 Å². The molecule has 2 aromatic carbocycles. The Labute approximate surface area is 140 Å². The number of carbonyl (C=O) groups is 2. The van der Waals surface area contributed by atoms with Gasteiger partial charge in [0.05, 0.1) is 12.3 Å². The van der Waals surface area contributed by atoms with Gasteiger partial charge in [0.2, 0.25) is 11.8 Å². The molecule has 0 aliphatic carbocycles. The number of nitrogens with zero attached hydrogens (tertiary/aromatic N) is 1. The lowest BCUT2D eigenvalue weighted by atomic mass is 9.85. The van der Waals surface area contributed by atoms with Gasteiger partial charge in [-0.05, 0) is 42.7 Å². The van der Waals surface area contributed by atoms with Crippen LogP contribution in [0, 0.1) is 5.82 Å². The summed E-state index contributed by atoms with van der Waals surface area (Å²) in [4.78, 5) is 26.3. The molecule has 0 saturated heterocycles. The fourth-order valence-corrected chi connectivity index (χ4v) is 3.32. The summed E-state index contributed by atoms with van der Waals surface area (Å²) >= 11 is 0. The molecule has 2 amide bonds. The third-order valence-electron chi connectivity index (χ3n) is 4.47. The molecular formula is C19H19FN2O2. The van der Waals surface area contributed by atoms with Gasteiger partial charge in [-0.25, -0.2) is 4.39 Å². The first-order chi connectivity index (χ1) is 11.5. The summed E-state index contributed by atoms with van der Waals surface area (Å²) in [6.45, 7) is 1.91. The maximum Gasteiger partial charge on any atom is 0.231 e. The van der Waals surface area contributed by atoms with E-state index in [1.807, 2.05) is 31.2 Å². The molecule has 124 valence electrons. The zero-order valence-corrected chi connectivity index (χ0v) is 13.4. The molecule has 2 atom stereocenters. The fourth-order valence-electron chi connectivity index (χ4n) is 3.32. The first-order valence-corrected chi connectivity index (χ1v) is 7.92. The molecule has 2 aromatic rings. The Balaban J connectivity index is 1.91. The van der Waals surface area contributed by atoms with Crippen molar-refractivity contribution in [3.8, 4) is 0 Å². The van der Waals surface area contributed by atoms with Crippen LogP contribution in [0.25, 0.3) is 0 Å². The van der Waals surface area contributed by atoms with E-state index >= 15 is 0 Å². The van der Waals surface area contributed by atoms with Crippen molar-refractivity contribution in [1.29, 1.82) is 0 Å². The van der Waals surface area contributed by atoms with E-state index in [9.17, 15) is 14.0 Å². The number of carbonyl (C=O) groups excluding carboxylic acids is 2. The first-order valence-electron chi connectivity index (χ1n) is 7.92. The standard InChI is InChI=1S/C19H19FN2O2/c1-12-10-16(19(21)24)15-4-2-3-5-17(15)22(12)18(23)11-13-6-8-14(20)9-7-13/h2-9,12,16H,10-11H2,1H3,(H2,21,24)/t12-,16-/m0/s1. The van der Waals surface area contributed by atoms with Crippen molar-refractivity contribution in [2.45, 2.75) is 31.7 Å². The van der Waals surface area contributed by atoms with Gasteiger partial charge < -0.3 is 10.6 Å². The van der Waals surface area contributed by atoms with Crippen LogP contribution >= 0.6 is 0 Å². The normalized spacial score (nSPS) is 19.7. The van der Waals surface area contributed by atoms with Gasteiger partial charge in [-0.3, -0.25) is 9.59 Å². The largest absolute Gasteiger partial charge is 0.369 e. The number of rotatable bonds is 3. The van der Waals surface area contributed by atoms with Gasteiger partial charge >= 0.3 is 0 Å². The molecule has 0 fully saturated rings. The molecule has 0 saturated carbocycles. The Morgan fingerprint density at radius 3 is 2.50 bits per heavy atom. The fraction of sp³-hybridized carbons (Fsp3) is 0.263. The quantitative estimate of drug-likeness (QED) is 0.942. The number of fused-ring (bicyclic) bond motifs is 1. The molecule has 0 radical (unpaired) electrons. The van der Waals surface area contributed by atoms with Gasteiger partial charge in [-0.2, -0.15) is 0 Å². The number of amides is 2. The van der Waals surface area contributed by atoms with E-state index < -0.39 is 0 Å². The molecule has 1 aliphatic heterocycles. The monoisotopic (exact) mass is 326 g/mol. The molecule has 5 heteroatoms. The van der Waals surface area contributed by atoms with E-state index in [4.69, 9.17) is 5.73 Å². The minimum atomic E-state index is -0.383. The van der Waals surface area contributed by atoms with Crippen LogP contribution < -0.4 is 10.6 Å². The molecular weight excluding hydrogens is 307 g/mol. The third kappa shape index (κ3) is 3.02. The van der Waals surface area contributed by atoms with Crippen molar-refractivity contribution in [1.82, 2.24) is 0 Å². The Morgan fingerprint density at radius 1 is 1.17 bits per heavy atom. The number of hydrogen-bond donors (Lipinski definition) is 1. The molecule has 0 bridgehead atoms. The predicted octanol–water partition coefficient (Wildman–Crippen LogP) is 2.76.